The van der Waals surface area contributed by atoms with Gasteiger partial charge in [-0.2, -0.15) is 0 Å². The molecule has 0 fully saturated rings. The molecular formula is C14H14N4OS. The van der Waals surface area contributed by atoms with Crippen molar-refractivity contribution in [2.75, 3.05) is 11.9 Å². The smallest absolute Gasteiger partial charge is 0.319 e. The van der Waals surface area contributed by atoms with Crippen molar-refractivity contribution < 1.29 is 4.79 Å². The Morgan fingerprint density at radius 2 is 2.10 bits per heavy atom. The van der Waals surface area contributed by atoms with E-state index in [9.17, 15) is 4.79 Å². The highest BCUT2D eigenvalue weighted by atomic mass is 32.2. The van der Waals surface area contributed by atoms with Crippen molar-refractivity contribution >= 4 is 23.5 Å². The van der Waals surface area contributed by atoms with E-state index in [1.54, 1.807) is 30.6 Å². The molecular weight excluding hydrogens is 272 g/mol. The number of carbonyl (C=O) groups is 1. The number of aromatic nitrogens is 2. The molecule has 0 aromatic carbocycles. The Bertz CT molecular complexity index is 589. The van der Waals surface area contributed by atoms with Gasteiger partial charge in [-0.25, -0.2) is 14.8 Å². The van der Waals surface area contributed by atoms with Gasteiger partial charge in [0.1, 0.15) is 10.1 Å². The molecule has 2 heterocycles. The fourth-order valence-corrected chi connectivity index (χ4v) is 2.17. The summed E-state index contributed by atoms with van der Waals surface area (Å²) in [6.45, 7) is 3.96. The number of pyridine rings is 2. The predicted octanol–water partition coefficient (Wildman–Crippen LogP) is 2.94. The lowest BCUT2D eigenvalue weighted by Gasteiger charge is -2.07. The number of amides is 2. The molecule has 0 spiro atoms. The number of hydrogen-bond donors (Lipinski definition) is 2. The van der Waals surface area contributed by atoms with Crippen LogP contribution in [-0.2, 0) is 0 Å². The van der Waals surface area contributed by atoms with Crippen LogP contribution in [-0.4, -0.2) is 22.5 Å². The topological polar surface area (TPSA) is 66.9 Å². The summed E-state index contributed by atoms with van der Waals surface area (Å²) in [6, 6.07) is 8.94. The summed E-state index contributed by atoms with van der Waals surface area (Å²) in [4.78, 5) is 20.0. The molecule has 0 aliphatic heterocycles. The van der Waals surface area contributed by atoms with Crippen LogP contribution in [0.3, 0.4) is 0 Å². The predicted molar refractivity (Wildman–Crippen MR) is 79.8 cm³/mol. The summed E-state index contributed by atoms with van der Waals surface area (Å²) in [5.41, 5.74) is 0.681. The van der Waals surface area contributed by atoms with E-state index in [-0.39, 0.29) is 6.03 Å². The van der Waals surface area contributed by atoms with Crippen LogP contribution >= 0.6 is 11.8 Å². The number of anilines is 1. The van der Waals surface area contributed by atoms with E-state index in [1.165, 1.54) is 11.8 Å². The SMILES string of the molecule is C=CCNC(=O)Nc1ccnc(Sc2ccccn2)c1. The molecule has 0 aliphatic carbocycles. The number of nitrogens with zero attached hydrogens (tertiary/aromatic N) is 2. The molecule has 5 nitrogen and oxygen atoms in total. The molecule has 2 rings (SSSR count). The third-order valence-corrected chi connectivity index (χ3v) is 3.13. The van der Waals surface area contributed by atoms with E-state index < -0.39 is 0 Å². The van der Waals surface area contributed by atoms with E-state index in [0.717, 1.165) is 10.1 Å². The Balaban J connectivity index is 2.01. The second-order valence-electron chi connectivity index (χ2n) is 3.78. The van der Waals surface area contributed by atoms with Crippen molar-refractivity contribution in [3.63, 3.8) is 0 Å². The Morgan fingerprint density at radius 3 is 2.85 bits per heavy atom. The van der Waals surface area contributed by atoms with Gasteiger partial charge in [-0.3, -0.25) is 0 Å². The molecule has 0 saturated carbocycles. The van der Waals surface area contributed by atoms with Crippen LogP contribution in [0.25, 0.3) is 0 Å². The van der Waals surface area contributed by atoms with Gasteiger partial charge in [-0.05, 0) is 24.3 Å². The van der Waals surface area contributed by atoms with Crippen LogP contribution in [0, 0.1) is 0 Å². The zero-order valence-corrected chi connectivity index (χ0v) is 11.6. The molecule has 2 aromatic heterocycles. The fraction of sp³-hybridized carbons (Fsp3) is 0.0714. The summed E-state index contributed by atoms with van der Waals surface area (Å²) in [5.74, 6) is 0. The summed E-state index contributed by atoms with van der Waals surface area (Å²) in [7, 11) is 0. The molecule has 6 heteroatoms. The molecule has 0 aliphatic rings. The molecule has 0 bridgehead atoms. The van der Waals surface area contributed by atoms with E-state index in [4.69, 9.17) is 0 Å². The molecule has 20 heavy (non-hydrogen) atoms. The highest BCUT2D eigenvalue weighted by Gasteiger charge is 2.03. The second kappa shape index (κ2) is 7.30. The van der Waals surface area contributed by atoms with Gasteiger partial charge in [-0.15, -0.1) is 6.58 Å². The highest BCUT2D eigenvalue weighted by molar-refractivity contribution is 7.99. The maximum Gasteiger partial charge on any atom is 0.319 e. The zero-order valence-electron chi connectivity index (χ0n) is 10.7. The Hall–Kier alpha value is -2.34. The summed E-state index contributed by atoms with van der Waals surface area (Å²) < 4.78 is 0. The number of carbonyl (C=O) groups excluding carboxylic acids is 1. The van der Waals surface area contributed by atoms with Crippen molar-refractivity contribution in [3.05, 3.63) is 55.4 Å². The van der Waals surface area contributed by atoms with Crippen molar-refractivity contribution in [2.45, 2.75) is 10.1 Å². The van der Waals surface area contributed by atoms with Crippen LogP contribution < -0.4 is 10.6 Å². The van der Waals surface area contributed by atoms with E-state index in [2.05, 4.69) is 27.2 Å². The first-order valence-corrected chi connectivity index (χ1v) is 6.80. The highest BCUT2D eigenvalue weighted by Crippen LogP contribution is 2.25. The van der Waals surface area contributed by atoms with Crippen molar-refractivity contribution in [1.82, 2.24) is 15.3 Å². The van der Waals surface area contributed by atoms with Crippen molar-refractivity contribution in [3.8, 4) is 0 Å². The van der Waals surface area contributed by atoms with Crippen molar-refractivity contribution in [1.29, 1.82) is 0 Å². The van der Waals surface area contributed by atoms with Gasteiger partial charge in [0.25, 0.3) is 0 Å². The van der Waals surface area contributed by atoms with Crippen LogP contribution in [0.2, 0.25) is 0 Å². The minimum Gasteiger partial charge on any atom is -0.334 e. The molecule has 2 N–H and O–H groups in total. The Morgan fingerprint density at radius 1 is 1.25 bits per heavy atom. The van der Waals surface area contributed by atoms with Gasteiger partial charge < -0.3 is 10.6 Å². The van der Waals surface area contributed by atoms with Crippen LogP contribution in [0.1, 0.15) is 0 Å². The lowest BCUT2D eigenvalue weighted by atomic mass is 10.4. The average Bonchev–Trinajstić information content (AvgIpc) is 2.46. The Labute approximate surface area is 121 Å². The molecule has 2 aromatic rings. The Kier molecular flexibility index (Phi) is 5.14. The molecule has 0 atom stereocenters. The molecule has 0 saturated heterocycles. The van der Waals surface area contributed by atoms with Gasteiger partial charge in [0.2, 0.25) is 0 Å². The molecule has 102 valence electrons. The van der Waals surface area contributed by atoms with E-state index >= 15 is 0 Å². The third kappa shape index (κ3) is 4.40. The number of rotatable bonds is 5. The number of hydrogen-bond acceptors (Lipinski definition) is 4. The maximum atomic E-state index is 11.5. The fourth-order valence-electron chi connectivity index (χ4n) is 1.40. The van der Waals surface area contributed by atoms with Crippen LogP contribution in [0.4, 0.5) is 10.5 Å². The van der Waals surface area contributed by atoms with Crippen molar-refractivity contribution in [2.24, 2.45) is 0 Å². The third-order valence-electron chi connectivity index (χ3n) is 2.25. The standard InChI is InChI=1S/C14H14N4OS/c1-2-7-17-14(19)18-11-6-9-16-13(10-11)20-12-5-3-4-8-15-12/h2-6,8-10H,1,7H2,(H2,16,17,18,19). The largest absolute Gasteiger partial charge is 0.334 e. The van der Waals surface area contributed by atoms with Gasteiger partial charge in [0.05, 0.1) is 0 Å². The average molecular weight is 286 g/mol. The lowest BCUT2D eigenvalue weighted by molar-refractivity contribution is 0.253. The van der Waals surface area contributed by atoms with Crippen LogP contribution in [0.5, 0.6) is 0 Å². The molecule has 0 radical (unpaired) electrons. The first-order chi connectivity index (χ1) is 9.78. The number of nitrogens with one attached hydrogen (secondary N) is 2. The summed E-state index contributed by atoms with van der Waals surface area (Å²) in [5, 5.41) is 7.00. The minimum atomic E-state index is -0.273. The quantitative estimate of drug-likeness (QED) is 0.829. The maximum absolute atomic E-state index is 11.5. The van der Waals surface area contributed by atoms with Crippen LogP contribution in [0.15, 0.2) is 65.4 Å². The monoisotopic (exact) mass is 286 g/mol. The summed E-state index contributed by atoms with van der Waals surface area (Å²) in [6.07, 6.45) is 5.00. The first-order valence-electron chi connectivity index (χ1n) is 5.98. The normalized spacial score (nSPS) is 9.80. The van der Waals surface area contributed by atoms with Gasteiger partial charge in [0.15, 0.2) is 0 Å². The summed E-state index contributed by atoms with van der Waals surface area (Å²) >= 11 is 1.44. The number of urea groups is 1. The molecule has 0 unspecified atom stereocenters. The van der Waals surface area contributed by atoms with Gasteiger partial charge >= 0.3 is 6.03 Å². The second-order valence-corrected chi connectivity index (χ2v) is 4.82. The zero-order chi connectivity index (χ0) is 14.2. The molecule has 2 amide bonds. The van der Waals surface area contributed by atoms with E-state index in [1.807, 2.05) is 18.2 Å². The lowest BCUT2D eigenvalue weighted by Crippen LogP contribution is -2.28. The van der Waals surface area contributed by atoms with E-state index in [0.29, 0.717) is 12.2 Å². The minimum absolute atomic E-state index is 0.273. The van der Waals surface area contributed by atoms with Gasteiger partial charge in [-0.1, -0.05) is 23.9 Å². The first kappa shape index (κ1) is 14.1. The van der Waals surface area contributed by atoms with Gasteiger partial charge in [0, 0.05) is 24.6 Å².